The van der Waals surface area contributed by atoms with Gasteiger partial charge in [0.2, 0.25) is 0 Å². The van der Waals surface area contributed by atoms with Gasteiger partial charge in [0.15, 0.2) is 0 Å². The smallest absolute Gasteiger partial charge is 0.340 e. The van der Waals surface area contributed by atoms with Crippen LogP contribution in [0.25, 0.3) is 0 Å². The maximum atomic E-state index is 11.7. The van der Waals surface area contributed by atoms with E-state index in [0.717, 1.165) is 12.1 Å². The molecule has 1 aromatic carbocycles. The number of nitrogens with one attached hydrogen (secondary N) is 1. The van der Waals surface area contributed by atoms with Gasteiger partial charge in [-0.2, -0.15) is 0 Å². The van der Waals surface area contributed by atoms with Crippen LogP contribution in [0.2, 0.25) is 0 Å². The van der Waals surface area contributed by atoms with Gasteiger partial charge in [-0.3, -0.25) is 0 Å². The Bertz CT molecular complexity index is 416. The zero-order valence-corrected chi connectivity index (χ0v) is 11.5. The van der Waals surface area contributed by atoms with Gasteiger partial charge in [0.1, 0.15) is 0 Å². The quantitative estimate of drug-likeness (QED) is 0.623. The molecule has 0 bridgehead atoms. The number of hydrogen-bond donors (Lipinski definition) is 2. The van der Waals surface area contributed by atoms with E-state index in [1.807, 2.05) is 6.07 Å². The van der Waals surface area contributed by atoms with Gasteiger partial charge in [-0.25, -0.2) is 4.79 Å². The van der Waals surface area contributed by atoms with Crippen molar-refractivity contribution in [3.8, 4) is 0 Å². The molecule has 1 atom stereocenters. The van der Waals surface area contributed by atoms with Gasteiger partial charge in [-0.1, -0.05) is 20.8 Å². The summed E-state index contributed by atoms with van der Waals surface area (Å²) in [6.45, 7) is 6.42. The van der Waals surface area contributed by atoms with Crippen LogP contribution in [0.4, 0.5) is 11.4 Å². The Kier molecular flexibility index (Phi) is 5.01. The summed E-state index contributed by atoms with van der Waals surface area (Å²) in [7, 11) is 1.37. The second-order valence-corrected chi connectivity index (χ2v) is 4.70. The molecule has 1 rings (SSSR count). The molecule has 0 radical (unpaired) electrons. The van der Waals surface area contributed by atoms with Crippen LogP contribution >= 0.6 is 0 Å². The van der Waals surface area contributed by atoms with Gasteiger partial charge in [0.25, 0.3) is 0 Å². The highest BCUT2D eigenvalue weighted by Crippen LogP contribution is 2.23. The lowest BCUT2D eigenvalue weighted by Crippen LogP contribution is -2.25. The van der Waals surface area contributed by atoms with Gasteiger partial charge in [0, 0.05) is 17.4 Å². The van der Waals surface area contributed by atoms with Crippen molar-refractivity contribution in [2.75, 3.05) is 18.2 Å². The number of benzene rings is 1. The number of methoxy groups -OCH3 is 1. The molecule has 0 aliphatic rings. The molecule has 4 heteroatoms. The van der Waals surface area contributed by atoms with Crippen molar-refractivity contribution >= 4 is 17.3 Å². The summed E-state index contributed by atoms with van der Waals surface area (Å²) in [6.07, 6.45) is 0.989. The molecule has 0 saturated carbocycles. The highest BCUT2D eigenvalue weighted by Gasteiger charge is 2.16. The van der Waals surface area contributed by atoms with Crippen LogP contribution < -0.4 is 11.1 Å². The Hall–Kier alpha value is -1.71. The number of nitrogens with two attached hydrogens (primary N) is 1. The number of rotatable bonds is 5. The molecule has 1 aromatic rings. The molecule has 3 N–H and O–H groups in total. The van der Waals surface area contributed by atoms with Gasteiger partial charge < -0.3 is 15.8 Å². The predicted octanol–water partition coefficient (Wildman–Crippen LogP) is 2.90. The molecule has 0 amide bonds. The summed E-state index contributed by atoms with van der Waals surface area (Å²) in [5, 5.41) is 3.38. The first-order valence-electron chi connectivity index (χ1n) is 6.24. The molecule has 0 spiro atoms. The number of hydrogen-bond acceptors (Lipinski definition) is 4. The van der Waals surface area contributed by atoms with E-state index in [1.165, 1.54) is 7.11 Å². The van der Waals surface area contributed by atoms with Crippen molar-refractivity contribution in [2.45, 2.75) is 33.2 Å². The van der Waals surface area contributed by atoms with Crippen LogP contribution in [-0.4, -0.2) is 19.1 Å². The molecule has 0 aliphatic heterocycles. The Balaban J connectivity index is 3.04. The highest BCUT2D eigenvalue weighted by molar-refractivity contribution is 5.96. The van der Waals surface area contributed by atoms with Gasteiger partial charge in [-0.15, -0.1) is 0 Å². The Morgan fingerprint density at radius 1 is 1.44 bits per heavy atom. The third-order valence-electron chi connectivity index (χ3n) is 3.03. The molecule has 1 unspecified atom stereocenters. The van der Waals surface area contributed by atoms with E-state index >= 15 is 0 Å². The topological polar surface area (TPSA) is 64.3 Å². The lowest BCUT2D eigenvalue weighted by Gasteiger charge is -2.23. The average molecular weight is 250 g/mol. The number of ether oxygens (including phenoxy) is 1. The second-order valence-electron chi connectivity index (χ2n) is 4.70. The fourth-order valence-corrected chi connectivity index (χ4v) is 1.91. The molecule has 0 heterocycles. The first-order chi connectivity index (χ1) is 8.49. The summed E-state index contributed by atoms with van der Waals surface area (Å²) in [4.78, 5) is 11.7. The van der Waals surface area contributed by atoms with Crippen molar-refractivity contribution in [3.05, 3.63) is 23.8 Å². The molecule has 0 fully saturated rings. The van der Waals surface area contributed by atoms with Crippen LogP contribution in [0.1, 0.15) is 37.6 Å². The van der Waals surface area contributed by atoms with Crippen molar-refractivity contribution in [1.82, 2.24) is 0 Å². The average Bonchev–Trinajstić information content (AvgIpc) is 2.35. The highest BCUT2D eigenvalue weighted by atomic mass is 16.5. The standard InChI is InChI=1S/C14H22N2O2/c1-5-12(9(2)3)16-13-7-6-10(15)8-11(13)14(17)18-4/h6-9,12,16H,5,15H2,1-4H3. The van der Waals surface area contributed by atoms with Crippen LogP contribution in [0.5, 0.6) is 0 Å². The molecule has 0 saturated heterocycles. The van der Waals surface area contributed by atoms with Crippen molar-refractivity contribution in [1.29, 1.82) is 0 Å². The van der Waals surface area contributed by atoms with E-state index < -0.39 is 0 Å². The Labute approximate surface area is 109 Å². The second kappa shape index (κ2) is 6.28. The van der Waals surface area contributed by atoms with E-state index in [-0.39, 0.29) is 5.97 Å². The van der Waals surface area contributed by atoms with Gasteiger partial charge in [-0.05, 0) is 30.5 Å². The number of nitrogen functional groups attached to an aromatic ring is 1. The van der Waals surface area contributed by atoms with E-state index in [2.05, 4.69) is 26.1 Å². The minimum Gasteiger partial charge on any atom is -0.465 e. The fraction of sp³-hybridized carbons (Fsp3) is 0.500. The van der Waals surface area contributed by atoms with E-state index in [9.17, 15) is 4.79 Å². The molecule has 100 valence electrons. The van der Waals surface area contributed by atoms with E-state index in [4.69, 9.17) is 10.5 Å². The van der Waals surface area contributed by atoms with Crippen LogP contribution in [0.3, 0.4) is 0 Å². The molecule has 0 aromatic heterocycles. The minimum absolute atomic E-state index is 0.317. The number of carbonyl (C=O) groups excluding carboxylic acids is 1. The molecular weight excluding hydrogens is 228 g/mol. The SMILES string of the molecule is CCC(Nc1ccc(N)cc1C(=O)OC)C(C)C. The molecule has 0 aliphatic carbocycles. The zero-order chi connectivity index (χ0) is 13.7. The van der Waals surface area contributed by atoms with Crippen molar-refractivity contribution in [2.24, 2.45) is 5.92 Å². The van der Waals surface area contributed by atoms with Gasteiger partial charge >= 0.3 is 5.97 Å². The summed E-state index contributed by atoms with van der Waals surface area (Å²) >= 11 is 0. The minimum atomic E-state index is -0.372. The number of esters is 1. The largest absolute Gasteiger partial charge is 0.465 e. The summed E-state index contributed by atoms with van der Waals surface area (Å²) in [5.74, 6) is 0.112. The lowest BCUT2D eigenvalue weighted by atomic mass is 10.0. The predicted molar refractivity (Wildman–Crippen MR) is 74.7 cm³/mol. The Morgan fingerprint density at radius 2 is 2.11 bits per heavy atom. The third-order valence-corrected chi connectivity index (χ3v) is 3.03. The normalized spacial score (nSPS) is 12.3. The van der Waals surface area contributed by atoms with Crippen LogP contribution in [0.15, 0.2) is 18.2 Å². The van der Waals surface area contributed by atoms with Crippen molar-refractivity contribution < 1.29 is 9.53 Å². The lowest BCUT2D eigenvalue weighted by molar-refractivity contribution is 0.0602. The molecule has 4 nitrogen and oxygen atoms in total. The van der Waals surface area contributed by atoms with Gasteiger partial charge in [0.05, 0.1) is 12.7 Å². The van der Waals surface area contributed by atoms with Crippen LogP contribution in [-0.2, 0) is 4.74 Å². The maximum Gasteiger partial charge on any atom is 0.340 e. The van der Waals surface area contributed by atoms with E-state index in [1.54, 1.807) is 12.1 Å². The fourth-order valence-electron chi connectivity index (χ4n) is 1.91. The first-order valence-corrected chi connectivity index (χ1v) is 6.24. The van der Waals surface area contributed by atoms with E-state index in [0.29, 0.717) is 23.2 Å². The third kappa shape index (κ3) is 3.39. The molecule has 18 heavy (non-hydrogen) atoms. The number of anilines is 2. The summed E-state index contributed by atoms with van der Waals surface area (Å²) < 4.78 is 4.77. The summed E-state index contributed by atoms with van der Waals surface area (Å²) in [6, 6.07) is 5.56. The Morgan fingerprint density at radius 3 is 2.61 bits per heavy atom. The number of carbonyl (C=O) groups is 1. The summed E-state index contributed by atoms with van der Waals surface area (Å²) in [5.41, 5.74) is 7.52. The zero-order valence-electron chi connectivity index (χ0n) is 11.5. The van der Waals surface area contributed by atoms with Crippen molar-refractivity contribution in [3.63, 3.8) is 0 Å². The first kappa shape index (κ1) is 14.4. The molecular formula is C14H22N2O2. The maximum absolute atomic E-state index is 11.7. The van der Waals surface area contributed by atoms with Crippen LogP contribution in [0, 0.1) is 5.92 Å². The monoisotopic (exact) mass is 250 g/mol.